The summed E-state index contributed by atoms with van der Waals surface area (Å²) < 4.78 is 7.64. The molecule has 1 N–H and O–H groups in total. The number of amides is 1. The Morgan fingerprint density at radius 1 is 1.03 bits per heavy atom. The van der Waals surface area contributed by atoms with Crippen LogP contribution in [0.25, 0.3) is 10.9 Å². The Morgan fingerprint density at radius 2 is 1.83 bits per heavy atom. The Labute approximate surface area is 169 Å². The third-order valence-electron chi connectivity index (χ3n) is 4.73. The number of aromatic nitrogens is 2. The van der Waals surface area contributed by atoms with Gasteiger partial charge in [0, 0.05) is 17.5 Å². The number of benzene rings is 3. The fraction of sp³-hybridized carbons (Fsp3) is 0.167. The van der Waals surface area contributed by atoms with Gasteiger partial charge < -0.3 is 10.1 Å². The van der Waals surface area contributed by atoms with Gasteiger partial charge in [-0.25, -0.2) is 0 Å². The number of nitrogens with one attached hydrogen (secondary N) is 1. The summed E-state index contributed by atoms with van der Waals surface area (Å²) in [5, 5.41) is 8.41. The van der Waals surface area contributed by atoms with Crippen LogP contribution in [0.15, 0.2) is 79.0 Å². The van der Waals surface area contributed by atoms with Crippen molar-refractivity contribution >= 4 is 22.5 Å². The molecule has 0 aliphatic rings. The average Bonchev–Trinajstić information content (AvgIpc) is 3.14. The number of anilines is 1. The Hall–Kier alpha value is -3.60. The lowest BCUT2D eigenvalue weighted by Gasteiger charge is -2.09. The predicted octanol–water partition coefficient (Wildman–Crippen LogP) is 4.95. The molecule has 5 nitrogen and oxygen atoms in total. The lowest BCUT2D eigenvalue weighted by Crippen LogP contribution is -2.14. The van der Waals surface area contributed by atoms with E-state index in [0.717, 1.165) is 27.9 Å². The molecule has 4 rings (SSSR count). The Kier molecular flexibility index (Phi) is 5.56. The second-order valence-electron chi connectivity index (χ2n) is 7.03. The van der Waals surface area contributed by atoms with Gasteiger partial charge in [0.15, 0.2) is 0 Å². The van der Waals surface area contributed by atoms with Gasteiger partial charge in [-0.1, -0.05) is 42.0 Å². The number of hydrogen-bond donors (Lipinski definition) is 1. The highest BCUT2D eigenvalue weighted by Crippen LogP contribution is 2.18. The van der Waals surface area contributed by atoms with Crippen LogP contribution in [0.1, 0.15) is 17.5 Å². The standard InChI is InChI=1S/C24H23N3O2/c1-18-7-12-23-20(15-18)16-25-27(23)14-13-24(28)26-21-8-10-22(11-9-21)29-17-19-5-3-2-4-6-19/h2-12,15-16H,13-14,17H2,1H3,(H,26,28). The smallest absolute Gasteiger partial charge is 0.226 e. The molecule has 0 saturated heterocycles. The first-order valence-electron chi connectivity index (χ1n) is 9.66. The summed E-state index contributed by atoms with van der Waals surface area (Å²) in [6.45, 7) is 3.11. The van der Waals surface area contributed by atoms with Crippen molar-refractivity contribution in [2.75, 3.05) is 5.32 Å². The zero-order valence-corrected chi connectivity index (χ0v) is 16.3. The van der Waals surface area contributed by atoms with E-state index in [2.05, 4.69) is 29.5 Å². The third kappa shape index (κ3) is 4.82. The van der Waals surface area contributed by atoms with Crippen molar-refractivity contribution in [3.8, 4) is 5.75 Å². The molecule has 0 unspecified atom stereocenters. The zero-order valence-electron chi connectivity index (χ0n) is 16.3. The van der Waals surface area contributed by atoms with E-state index in [1.54, 1.807) is 0 Å². The van der Waals surface area contributed by atoms with Crippen LogP contribution in [-0.4, -0.2) is 15.7 Å². The zero-order chi connectivity index (χ0) is 20.1. The quantitative estimate of drug-likeness (QED) is 0.490. The maximum absolute atomic E-state index is 12.3. The normalized spacial score (nSPS) is 10.8. The first-order valence-corrected chi connectivity index (χ1v) is 9.66. The van der Waals surface area contributed by atoms with E-state index in [4.69, 9.17) is 4.74 Å². The summed E-state index contributed by atoms with van der Waals surface area (Å²) in [6, 6.07) is 23.6. The van der Waals surface area contributed by atoms with Gasteiger partial charge in [-0.05, 0) is 48.9 Å². The highest BCUT2D eigenvalue weighted by atomic mass is 16.5. The summed E-state index contributed by atoms with van der Waals surface area (Å²) in [5.74, 6) is 0.726. The van der Waals surface area contributed by atoms with E-state index in [0.29, 0.717) is 19.6 Å². The molecule has 146 valence electrons. The van der Waals surface area contributed by atoms with Crippen molar-refractivity contribution < 1.29 is 9.53 Å². The van der Waals surface area contributed by atoms with Crippen LogP contribution >= 0.6 is 0 Å². The fourth-order valence-corrected chi connectivity index (χ4v) is 3.19. The molecule has 0 radical (unpaired) electrons. The van der Waals surface area contributed by atoms with Crippen molar-refractivity contribution in [1.82, 2.24) is 9.78 Å². The van der Waals surface area contributed by atoms with Gasteiger partial charge in [0.05, 0.1) is 18.3 Å². The topological polar surface area (TPSA) is 56.2 Å². The number of fused-ring (bicyclic) bond motifs is 1. The van der Waals surface area contributed by atoms with Crippen LogP contribution < -0.4 is 10.1 Å². The molecular weight excluding hydrogens is 362 g/mol. The predicted molar refractivity (Wildman–Crippen MR) is 115 cm³/mol. The van der Waals surface area contributed by atoms with Gasteiger partial charge in [0.1, 0.15) is 12.4 Å². The molecule has 29 heavy (non-hydrogen) atoms. The van der Waals surface area contributed by atoms with Gasteiger partial charge in [-0.3, -0.25) is 9.48 Å². The number of hydrogen-bond acceptors (Lipinski definition) is 3. The van der Waals surface area contributed by atoms with Gasteiger partial charge >= 0.3 is 0 Å². The Bertz CT molecular complexity index is 1100. The molecule has 1 aromatic heterocycles. The molecule has 4 aromatic rings. The van der Waals surface area contributed by atoms with Crippen LogP contribution in [0.3, 0.4) is 0 Å². The summed E-state index contributed by atoms with van der Waals surface area (Å²) in [7, 11) is 0. The lowest BCUT2D eigenvalue weighted by atomic mass is 10.2. The lowest BCUT2D eigenvalue weighted by molar-refractivity contribution is -0.116. The number of nitrogens with zero attached hydrogens (tertiary/aromatic N) is 2. The first kappa shape index (κ1) is 18.7. The van der Waals surface area contributed by atoms with E-state index < -0.39 is 0 Å². The average molecular weight is 385 g/mol. The molecule has 0 fully saturated rings. The molecule has 0 bridgehead atoms. The van der Waals surface area contributed by atoms with E-state index in [1.807, 2.05) is 71.5 Å². The summed E-state index contributed by atoms with van der Waals surface area (Å²) in [4.78, 5) is 12.3. The maximum atomic E-state index is 12.3. The second kappa shape index (κ2) is 8.61. The van der Waals surface area contributed by atoms with Crippen LogP contribution in [0, 0.1) is 6.92 Å². The van der Waals surface area contributed by atoms with Crippen molar-refractivity contribution in [2.45, 2.75) is 26.5 Å². The molecule has 0 atom stereocenters. The van der Waals surface area contributed by atoms with E-state index >= 15 is 0 Å². The number of carbonyl (C=O) groups is 1. The minimum absolute atomic E-state index is 0.0429. The van der Waals surface area contributed by atoms with E-state index in [-0.39, 0.29) is 5.91 Å². The largest absolute Gasteiger partial charge is 0.489 e. The fourth-order valence-electron chi connectivity index (χ4n) is 3.19. The molecule has 5 heteroatoms. The monoisotopic (exact) mass is 385 g/mol. The molecule has 0 aliphatic heterocycles. The third-order valence-corrected chi connectivity index (χ3v) is 4.73. The molecule has 0 saturated carbocycles. The minimum atomic E-state index is -0.0429. The van der Waals surface area contributed by atoms with E-state index in [1.165, 1.54) is 5.56 Å². The highest BCUT2D eigenvalue weighted by Gasteiger charge is 2.07. The molecule has 0 spiro atoms. The second-order valence-corrected chi connectivity index (χ2v) is 7.03. The molecule has 0 aliphatic carbocycles. The Morgan fingerprint density at radius 3 is 2.62 bits per heavy atom. The Balaban J connectivity index is 1.29. The van der Waals surface area contributed by atoms with Crippen molar-refractivity contribution in [1.29, 1.82) is 0 Å². The van der Waals surface area contributed by atoms with Crippen LogP contribution in [0.2, 0.25) is 0 Å². The SMILES string of the molecule is Cc1ccc2c(cnn2CCC(=O)Nc2ccc(OCc3ccccc3)cc2)c1. The summed E-state index contributed by atoms with van der Waals surface area (Å²) in [5.41, 5.74) is 4.11. The number of carbonyl (C=O) groups excluding carboxylic acids is 1. The van der Waals surface area contributed by atoms with Crippen LogP contribution in [-0.2, 0) is 17.9 Å². The number of ether oxygens (including phenoxy) is 1. The minimum Gasteiger partial charge on any atom is -0.489 e. The van der Waals surface area contributed by atoms with Gasteiger partial charge in [-0.15, -0.1) is 0 Å². The summed E-state index contributed by atoms with van der Waals surface area (Å²) in [6.07, 6.45) is 2.20. The van der Waals surface area contributed by atoms with Gasteiger partial charge in [-0.2, -0.15) is 5.10 Å². The highest BCUT2D eigenvalue weighted by molar-refractivity contribution is 5.90. The summed E-state index contributed by atoms with van der Waals surface area (Å²) >= 11 is 0. The molecular formula is C24H23N3O2. The van der Waals surface area contributed by atoms with Crippen molar-refractivity contribution in [2.24, 2.45) is 0 Å². The van der Waals surface area contributed by atoms with E-state index in [9.17, 15) is 4.79 Å². The van der Waals surface area contributed by atoms with Crippen molar-refractivity contribution in [3.05, 3.63) is 90.1 Å². The number of rotatable bonds is 7. The van der Waals surface area contributed by atoms with Gasteiger partial charge in [0.2, 0.25) is 5.91 Å². The van der Waals surface area contributed by atoms with Crippen LogP contribution in [0.5, 0.6) is 5.75 Å². The van der Waals surface area contributed by atoms with Gasteiger partial charge in [0.25, 0.3) is 0 Å². The first-order chi connectivity index (χ1) is 14.2. The van der Waals surface area contributed by atoms with Crippen LogP contribution in [0.4, 0.5) is 5.69 Å². The molecule has 1 amide bonds. The molecule has 1 heterocycles. The molecule has 3 aromatic carbocycles. The number of aryl methyl sites for hydroxylation is 2. The van der Waals surface area contributed by atoms with Crippen molar-refractivity contribution in [3.63, 3.8) is 0 Å². The maximum Gasteiger partial charge on any atom is 0.226 e.